The summed E-state index contributed by atoms with van der Waals surface area (Å²) in [5.74, 6) is 0.876. The van der Waals surface area contributed by atoms with E-state index in [1.54, 1.807) is 0 Å². The molecule has 1 aliphatic heterocycles. The first kappa shape index (κ1) is 10.4. The van der Waals surface area contributed by atoms with Crippen LogP contribution in [-0.2, 0) is 4.74 Å². The Morgan fingerprint density at radius 1 is 1.36 bits per heavy atom. The molecular formula is C11H22N2O. The van der Waals surface area contributed by atoms with E-state index in [1.165, 1.54) is 19.3 Å². The van der Waals surface area contributed by atoms with Crippen molar-refractivity contribution in [1.29, 1.82) is 0 Å². The predicted octanol–water partition coefficient (Wildman–Crippen LogP) is 0.881. The van der Waals surface area contributed by atoms with Crippen LogP contribution in [-0.4, -0.2) is 31.3 Å². The summed E-state index contributed by atoms with van der Waals surface area (Å²) < 4.78 is 5.83. The topological polar surface area (TPSA) is 47.3 Å². The zero-order chi connectivity index (χ0) is 9.97. The van der Waals surface area contributed by atoms with Crippen molar-refractivity contribution >= 4 is 0 Å². The Bertz CT molecular complexity index is 172. The normalized spacial score (nSPS) is 35.6. The number of nitrogens with one attached hydrogen (secondary N) is 1. The molecule has 82 valence electrons. The molecule has 14 heavy (non-hydrogen) atoms. The van der Waals surface area contributed by atoms with Gasteiger partial charge in [0.1, 0.15) is 0 Å². The fraction of sp³-hybridized carbons (Fsp3) is 1.00. The highest BCUT2D eigenvalue weighted by molar-refractivity contribution is 4.84. The van der Waals surface area contributed by atoms with Crippen LogP contribution in [0.2, 0.25) is 0 Å². The second kappa shape index (κ2) is 4.60. The smallest absolute Gasteiger partial charge is 0.0700 e. The van der Waals surface area contributed by atoms with Gasteiger partial charge in [0.2, 0.25) is 0 Å². The van der Waals surface area contributed by atoms with E-state index in [2.05, 4.69) is 12.2 Å². The van der Waals surface area contributed by atoms with Crippen LogP contribution >= 0.6 is 0 Å². The van der Waals surface area contributed by atoms with Gasteiger partial charge >= 0.3 is 0 Å². The molecule has 0 bridgehead atoms. The first-order valence-corrected chi connectivity index (χ1v) is 5.86. The molecule has 2 fully saturated rings. The van der Waals surface area contributed by atoms with E-state index in [9.17, 15) is 0 Å². The number of piperidine rings is 1. The van der Waals surface area contributed by atoms with Gasteiger partial charge in [0.25, 0.3) is 0 Å². The van der Waals surface area contributed by atoms with Crippen LogP contribution in [0.25, 0.3) is 0 Å². The highest BCUT2D eigenvalue weighted by atomic mass is 16.5. The van der Waals surface area contributed by atoms with Gasteiger partial charge in [0, 0.05) is 25.2 Å². The van der Waals surface area contributed by atoms with Crippen LogP contribution in [0.4, 0.5) is 0 Å². The van der Waals surface area contributed by atoms with Gasteiger partial charge in [0.15, 0.2) is 0 Å². The Labute approximate surface area is 86.4 Å². The Kier molecular flexibility index (Phi) is 3.42. The lowest BCUT2D eigenvalue weighted by Gasteiger charge is -2.32. The van der Waals surface area contributed by atoms with E-state index in [0.29, 0.717) is 12.1 Å². The van der Waals surface area contributed by atoms with E-state index >= 15 is 0 Å². The first-order chi connectivity index (χ1) is 6.75. The van der Waals surface area contributed by atoms with Gasteiger partial charge in [-0.1, -0.05) is 0 Å². The maximum absolute atomic E-state index is 5.84. The van der Waals surface area contributed by atoms with Crippen LogP contribution in [0.5, 0.6) is 0 Å². The highest BCUT2D eigenvalue weighted by Crippen LogP contribution is 2.29. The van der Waals surface area contributed by atoms with Crippen molar-refractivity contribution in [3.05, 3.63) is 0 Å². The molecule has 0 aromatic carbocycles. The molecular weight excluding hydrogens is 176 g/mol. The van der Waals surface area contributed by atoms with Gasteiger partial charge in [-0.25, -0.2) is 0 Å². The molecule has 0 aromatic rings. The fourth-order valence-electron chi connectivity index (χ4n) is 2.00. The van der Waals surface area contributed by atoms with Gasteiger partial charge in [-0.15, -0.1) is 0 Å². The van der Waals surface area contributed by atoms with Gasteiger partial charge in [0.05, 0.1) is 6.10 Å². The molecule has 3 unspecified atom stereocenters. The van der Waals surface area contributed by atoms with Crippen molar-refractivity contribution in [2.45, 2.75) is 50.8 Å². The van der Waals surface area contributed by atoms with E-state index in [0.717, 1.165) is 25.5 Å². The number of ether oxygens (including phenoxy) is 1. The third-order valence-corrected chi connectivity index (χ3v) is 3.31. The number of nitrogens with two attached hydrogens (primary N) is 1. The Balaban J connectivity index is 1.62. The molecule has 1 heterocycles. The molecule has 3 atom stereocenters. The third-order valence-electron chi connectivity index (χ3n) is 3.31. The van der Waals surface area contributed by atoms with Crippen molar-refractivity contribution in [2.75, 3.05) is 13.2 Å². The molecule has 0 amide bonds. The molecule has 3 nitrogen and oxygen atoms in total. The lowest BCUT2D eigenvalue weighted by Crippen LogP contribution is -2.50. The van der Waals surface area contributed by atoms with Crippen molar-refractivity contribution in [2.24, 2.45) is 11.7 Å². The summed E-state index contributed by atoms with van der Waals surface area (Å²) in [5.41, 5.74) is 5.84. The lowest BCUT2D eigenvalue weighted by molar-refractivity contribution is 0.0219. The van der Waals surface area contributed by atoms with E-state index in [1.807, 2.05) is 0 Å². The minimum atomic E-state index is 0.263. The predicted molar refractivity (Wildman–Crippen MR) is 57.1 cm³/mol. The summed E-state index contributed by atoms with van der Waals surface area (Å²) >= 11 is 0. The van der Waals surface area contributed by atoms with Gasteiger partial charge in [-0.05, 0) is 38.5 Å². The van der Waals surface area contributed by atoms with Gasteiger partial charge in [-0.3, -0.25) is 0 Å². The largest absolute Gasteiger partial charge is 0.377 e. The average molecular weight is 198 g/mol. The maximum atomic E-state index is 5.84. The summed E-state index contributed by atoms with van der Waals surface area (Å²) in [6.07, 6.45) is 5.52. The maximum Gasteiger partial charge on any atom is 0.0700 e. The van der Waals surface area contributed by atoms with Crippen LogP contribution in [0.15, 0.2) is 0 Å². The SMILES string of the molecule is CC(N)C1CCC(OCC2CC2)CN1. The summed E-state index contributed by atoms with van der Waals surface area (Å²) in [5, 5.41) is 3.46. The molecule has 1 saturated heterocycles. The van der Waals surface area contributed by atoms with Crippen molar-refractivity contribution in [3.8, 4) is 0 Å². The summed E-state index contributed by atoms with van der Waals surface area (Å²) in [7, 11) is 0. The van der Waals surface area contributed by atoms with Crippen LogP contribution in [0.1, 0.15) is 32.6 Å². The summed E-state index contributed by atoms with van der Waals surface area (Å²) in [6.45, 7) is 4.04. The molecule has 0 spiro atoms. The summed E-state index contributed by atoms with van der Waals surface area (Å²) in [4.78, 5) is 0. The van der Waals surface area contributed by atoms with Crippen LogP contribution in [0, 0.1) is 5.92 Å². The molecule has 2 aliphatic rings. The van der Waals surface area contributed by atoms with E-state index in [-0.39, 0.29) is 6.04 Å². The quantitative estimate of drug-likeness (QED) is 0.705. The zero-order valence-electron chi connectivity index (χ0n) is 9.04. The summed E-state index contributed by atoms with van der Waals surface area (Å²) in [6, 6.07) is 0.759. The lowest BCUT2D eigenvalue weighted by atomic mass is 9.98. The number of hydrogen-bond donors (Lipinski definition) is 2. The zero-order valence-corrected chi connectivity index (χ0v) is 9.04. The van der Waals surface area contributed by atoms with Crippen molar-refractivity contribution in [3.63, 3.8) is 0 Å². The molecule has 3 N–H and O–H groups in total. The first-order valence-electron chi connectivity index (χ1n) is 5.86. The standard InChI is InChI=1S/C11H22N2O/c1-8(12)11-5-4-10(6-13-11)14-7-9-2-3-9/h8-11,13H,2-7,12H2,1H3. The van der Waals surface area contributed by atoms with Crippen molar-refractivity contribution in [1.82, 2.24) is 5.32 Å². The number of hydrogen-bond acceptors (Lipinski definition) is 3. The van der Waals surface area contributed by atoms with Crippen LogP contribution in [0.3, 0.4) is 0 Å². The molecule has 3 heteroatoms. The number of rotatable bonds is 4. The minimum absolute atomic E-state index is 0.263. The second-order valence-electron chi connectivity index (χ2n) is 4.85. The fourth-order valence-corrected chi connectivity index (χ4v) is 2.00. The molecule has 0 aromatic heterocycles. The molecule has 1 saturated carbocycles. The Hall–Kier alpha value is -0.120. The highest BCUT2D eigenvalue weighted by Gasteiger charge is 2.26. The minimum Gasteiger partial charge on any atom is -0.377 e. The third kappa shape index (κ3) is 2.94. The van der Waals surface area contributed by atoms with Gasteiger partial charge in [-0.2, -0.15) is 0 Å². The Morgan fingerprint density at radius 3 is 2.64 bits per heavy atom. The van der Waals surface area contributed by atoms with E-state index in [4.69, 9.17) is 10.5 Å². The van der Waals surface area contributed by atoms with E-state index < -0.39 is 0 Å². The van der Waals surface area contributed by atoms with Crippen LogP contribution < -0.4 is 11.1 Å². The average Bonchev–Trinajstić information content (AvgIpc) is 2.99. The molecule has 1 aliphatic carbocycles. The second-order valence-corrected chi connectivity index (χ2v) is 4.85. The molecule has 0 radical (unpaired) electrons. The monoisotopic (exact) mass is 198 g/mol. The van der Waals surface area contributed by atoms with Crippen molar-refractivity contribution < 1.29 is 4.74 Å². The van der Waals surface area contributed by atoms with Gasteiger partial charge < -0.3 is 15.8 Å². The molecule has 2 rings (SSSR count). The Morgan fingerprint density at radius 2 is 2.14 bits per heavy atom.